The monoisotopic (exact) mass is 328 g/mol. The van der Waals surface area contributed by atoms with Crippen LogP contribution in [0.2, 0.25) is 10.0 Å². The molecule has 0 bridgehead atoms. The standard InChI is InChI=1S/C16H22Cl2N2O/c1-3-20(4-2)13-7-8-19(10-13)11-16(21)14-9-12(17)5-6-15(14)18/h5-6,9,13H,3-4,7-8,10-11H2,1-2H3. The van der Waals surface area contributed by atoms with Crippen LogP contribution in [0.5, 0.6) is 0 Å². The Bertz CT molecular complexity index is 503. The summed E-state index contributed by atoms with van der Waals surface area (Å²) < 4.78 is 0. The van der Waals surface area contributed by atoms with Crippen LogP contribution in [0, 0.1) is 0 Å². The van der Waals surface area contributed by atoms with Crippen LogP contribution in [0.4, 0.5) is 0 Å². The van der Waals surface area contributed by atoms with Crippen LogP contribution >= 0.6 is 23.2 Å². The summed E-state index contributed by atoms with van der Waals surface area (Å²) in [6, 6.07) is 5.60. The Kier molecular flexibility index (Phi) is 6.06. The van der Waals surface area contributed by atoms with Crippen molar-refractivity contribution in [3.63, 3.8) is 0 Å². The molecule has 1 saturated heterocycles. The zero-order valence-corrected chi connectivity index (χ0v) is 14.1. The highest BCUT2D eigenvalue weighted by atomic mass is 35.5. The molecule has 1 aromatic rings. The topological polar surface area (TPSA) is 23.6 Å². The summed E-state index contributed by atoms with van der Waals surface area (Å²) in [5, 5.41) is 1.02. The molecule has 0 aromatic heterocycles. The largest absolute Gasteiger partial charge is 0.300 e. The van der Waals surface area contributed by atoms with Crippen molar-refractivity contribution < 1.29 is 4.79 Å². The molecule has 0 spiro atoms. The molecule has 1 aromatic carbocycles. The number of hydrogen-bond acceptors (Lipinski definition) is 3. The average molecular weight is 329 g/mol. The lowest BCUT2D eigenvalue weighted by Crippen LogP contribution is -2.38. The number of likely N-dealkylation sites (tertiary alicyclic amines) is 1. The van der Waals surface area contributed by atoms with Gasteiger partial charge >= 0.3 is 0 Å². The fourth-order valence-corrected chi connectivity index (χ4v) is 3.39. The van der Waals surface area contributed by atoms with Crippen molar-refractivity contribution >= 4 is 29.0 Å². The fraction of sp³-hybridized carbons (Fsp3) is 0.562. The highest BCUT2D eigenvalue weighted by molar-refractivity contribution is 6.36. The molecule has 1 fully saturated rings. The van der Waals surface area contributed by atoms with Crippen molar-refractivity contribution in [3.8, 4) is 0 Å². The Balaban J connectivity index is 1.97. The van der Waals surface area contributed by atoms with Crippen LogP contribution in [-0.2, 0) is 0 Å². The quantitative estimate of drug-likeness (QED) is 0.745. The summed E-state index contributed by atoms with van der Waals surface area (Å²) in [7, 11) is 0. The predicted molar refractivity (Wildman–Crippen MR) is 88.6 cm³/mol. The number of carbonyl (C=O) groups is 1. The van der Waals surface area contributed by atoms with E-state index in [4.69, 9.17) is 23.2 Å². The molecular weight excluding hydrogens is 307 g/mol. The first-order chi connectivity index (χ1) is 10.0. The first-order valence-electron chi connectivity index (χ1n) is 7.49. The van der Waals surface area contributed by atoms with Gasteiger partial charge < -0.3 is 0 Å². The van der Waals surface area contributed by atoms with E-state index in [1.807, 2.05) is 0 Å². The lowest BCUT2D eigenvalue weighted by atomic mass is 10.1. The van der Waals surface area contributed by atoms with Gasteiger partial charge in [-0.25, -0.2) is 0 Å². The van der Waals surface area contributed by atoms with Crippen LogP contribution < -0.4 is 0 Å². The van der Waals surface area contributed by atoms with E-state index in [0.29, 0.717) is 28.2 Å². The smallest absolute Gasteiger partial charge is 0.178 e. The van der Waals surface area contributed by atoms with Crippen LogP contribution in [-0.4, -0.2) is 54.3 Å². The van der Waals surface area contributed by atoms with E-state index in [0.717, 1.165) is 32.6 Å². The normalized spacial score (nSPS) is 19.4. The molecule has 1 heterocycles. The van der Waals surface area contributed by atoms with Gasteiger partial charge in [0, 0.05) is 29.7 Å². The molecule has 0 radical (unpaired) electrons. The predicted octanol–water partition coefficient (Wildman–Crippen LogP) is 3.59. The van der Waals surface area contributed by atoms with E-state index in [9.17, 15) is 4.79 Å². The molecule has 0 amide bonds. The average Bonchev–Trinajstić information content (AvgIpc) is 2.91. The minimum Gasteiger partial charge on any atom is -0.300 e. The van der Waals surface area contributed by atoms with Crippen molar-refractivity contribution in [1.29, 1.82) is 0 Å². The van der Waals surface area contributed by atoms with Crippen molar-refractivity contribution in [2.24, 2.45) is 0 Å². The van der Waals surface area contributed by atoms with Crippen molar-refractivity contribution in [1.82, 2.24) is 9.80 Å². The third-order valence-corrected chi connectivity index (χ3v) is 4.74. The number of benzene rings is 1. The highest BCUT2D eigenvalue weighted by Crippen LogP contribution is 2.22. The number of hydrogen-bond donors (Lipinski definition) is 0. The number of likely N-dealkylation sites (N-methyl/N-ethyl adjacent to an activating group) is 1. The van der Waals surface area contributed by atoms with E-state index >= 15 is 0 Å². The minimum absolute atomic E-state index is 0.0442. The van der Waals surface area contributed by atoms with Gasteiger partial charge in [0.2, 0.25) is 0 Å². The second kappa shape index (κ2) is 7.59. The van der Waals surface area contributed by atoms with Gasteiger partial charge in [0.05, 0.1) is 11.6 Å². The molecule has 0 N–H and O–H groups in total. The zero-order valence-electron chi connectivity index (χ0n) is 12.6. The van der Waals surface area contributed by atoms with E-state index in [1.165, 1.54) is 0 Å². The molecule has 21 heavy (non-hydrogen) atoms. The van der Waals surface area contributed by atoms with Gasteiger partial charge in [-0.05, 0) is 37.7 Å². The molecule has 3 nitrogen and oxygen atoms in total. The number of rotatable bonds is 6. The zero-order chi connectivity index (χ0) is 15.4. The van der Waals surface area contributed by atoms with Gasteiger partial charge in [0.1, 0.15) is 0 Å². The molecule has 5 heteroatoms. The molecule has 2 rings (SSSR count). The fourth-order valence-electron chi connectivity index (χ4n) is 2.99. The van der Waals surface area contributed by atoms with Crippen LogP contribution in [0.3, 0.4) is 0 Å². The molecule has 0 saturated carbocycles. The maximum Gasteiger partial charge on any atom is 0.178 e. The van der Waals surface area contributed by atoms with Gasteiger partial charge in [-0.2, -0.15) is 0 Å². The molecule has 116 valence electrons. The Labute approximate surface area is 136 Å². The summed E-state index contributed by atoms with van der Waals surface area (Å²) in [5.74, 6) is 0.0442. The van der Waals surface area contributed by atoms with E-state index in [1.54, 1.807) is 18.2 Å². The summed E-state index contributed by atoms with van der Waals surface area (Å²) in [5.41, 5.74) is 0.524. The number of nitrogens with zero attached hydrogens (tertiary/aromatic N) is 2. The first kappa shape index (κ1) is 16.8. The second-order valence-electron chi connectivity index (χ2n) is 5.45. The Morgan fingerprint density at radius 1 is 1.33 bits per heavy atom. The van der Waals surface area contributed by atoms with Crippen molar-refractivity contribution in [3.05, 3.63) is 33.8 Å². The molecule has 0 aliphatic carbocycles. The number of halogens is 2. The SMILES string of the molecule is CCN(CC)C1CCN(CC(=O)c2cc(Cl)ccc2Cl)C1. The first-order valence-corrected chi connectivity index (χ1v) is 8.25. The third kappa shape index (κ3) is 4.19. The molecule has 1 atom stereocenters. The summed E-state index contributed by atoms with van der Waals surface area (Å²) in [6.07, 6.45) is 1.12. The lowest BCUT2D eigenvalue weighted by Gasteiger charge is -2.26. The van der Waals surface area contributed by atoms with Crippen LogP contribution in [0.15, 0.2) is 18.2 Å². The lowest BCUT2D eigenvalue weighted by molar-refractivity contribution is 0.0939. The van der Waals surface area contributed by atoms with Gasteiger partial charge in [-0.1, -0.05) is 37.0 Å². The van der Waals surface area contributed by atoms with Crippen molar-refractivity contribution in [2.45, 2.75) is 26.3 Å². The minimum atomic E-state index is 0.0442. The van der Waals surface area contributed by atoms with Gasteiger partial charge in [-0.15, -0.1) is 0 Å². The Hall–Kier alpha value is -0.610. The summed E-state index contributed by atoms with van der Waals surface area (Å²) in [4.78, 5) is 17.1. The molecule has 1 aliphatic rings. The van der Waals surface area contributed by atoms with Gasteiger partial charge in [-0.3, -0.25) is 14.6 Å². The van der Waals surface area contributed by atoms with E-state index < -0.39 is 0 Å². The Morgan fingerprint density at radius 3 is 2.71 bits per heavy atom. The highest BCUT2D eigenvalue weighted by Gasteiger charge is 2.27. The second-order valence-corrected chi connectivity index (χ2v) is 6.29. The summed E-state index contributed by atoms with van der Waals surface area (Å²) in [6.45, 7) is 8.81. The van der Waals surface area contributed by atoms with Crippen LogP contribution in [0.25, 0.3) is 0 Å². The van der Waals surface area contributed by atoms with E-state index in [-0.39, 0.29) is 5.78 Å². The third-order valence-electron chi connectivity index (χ3n) is 4.17. The van der Waals surface area contributed by atoms with Gasteiger partial charge in [0.15, 0.2) is 5.78 Å². The summed E-state index contributed by atoms with van der Waals surface area (Å²) >= 11 is 12.0. The number of Topliss-reactive ketones (excluding diaryl/α,β-unsaturated/α-hetero) is 1. The maximum atomic E-state index is 12.4. The molecule has 1 aliphatic heterocycles. The van der Waals surface area contributed by atoms with Gasteiger partial charge in [0.25, 0.3) is 0 Å². The molecular formula is C16H22Cl2N2O. The molecule has 1 unspecified atom stereocenters. The Morgan fingerprint density at radius 2 is 2.05 bits per heavy atom. The number of carbonyl (C=O) groups excluding carboxylic acids is 1. The van der Waals surface area contributed by atoms with Crippen molar-refractivity contribution in [2.75, 3.05) is 32.7 Å². The number of ketones is 1. The van der Waals surface area contributed by atoms with E-state index in [2.05, 4.69) is 23.6 Å². The maximum absolute atomic E-state index is 12.4. The van der Waals surface area contributed by atoms with Crippen LogP contribution in [0.1, 0.15) is 30.6 Å².